The van der Waals surface area contributed by atoms with Gasteiger partial charge in [0.2, 0.25) is 5.91 Å². The maximum atomic E-state index is 12.6. The molecule has 0 unspecified atom stereocenters. The van der Waals surface area contributed by atoms with E-state index in [1.54, 1.807) is 17.0 Å². The van der Waals surface area contributed by atoms with Gasteiger partial charge in [0.15, 0.2) is 5.13 Å². The van der Waals surface area contributed by atoms with E-state index in [1.807, 2.05) is 17.5 Å². The van der Waals surface area contributed by atoms with Crippen molar-refractivity contribution < 1.29 is 9.59 Å². The van der Waals surface area contributed by atoms with Crippen LogP contribution in [0.3, 0.4) is 0 Å². The van der Waals surface area contributed by atoms with Gasteiger partial charge in [-0.15, -0.1) is 11.3 Å². The molecule has 0 bridgehead atoms. The van der Waals surface area contributed by atoms with Crippen LogP contribution in [0.4, 0.5) is 10.8 Å². The standard InChI is InChI=1S/C21H26N4O2S/c1-15-5-3-9-24(12-15)13-17-14-28-21(22-17)23-20(27)16-6-2-7-18(11-16)25-10-4-8-19(25)26/h2,6-7,11,14-15H,3-5,8-10,12-13H2,1H3,(H,22,23,27)/t15-/m1/s1. The summed E-state index contributed by atoms with van der Waals surface area (Å²) in [4.78, 5) is 33.4. The number of rotatable bonds is 5. The second kappa shape index (κ2) is 8.41. The highest BCUT2D eigenvalue weighted by Gasteiger charge is 2.22. The summed E-state index contributed by atoms with van der Waals surface area (Å²) in [6.07, 6.45) is 3.99. The Morgan fingerprint density at radius 3 is 3.00 bits per heavy atom. The summed E-state index contributed by atoms with van der Waals surface area (Å²) in [6.45, 7) is 6.08. The Labute approximate surface area is 169 Å². The molecule has 2 amide bonds. The number of thiazole rings is 1. The molecule has 0 saturated carbocycles. The second-order valence-electron chi connectivity index (χ2n) is 7.78. The maximum Gasteiger partial charge on any atom is 0.257 e. The van der Waals surface area contributed by atoms with Crippen LogP contribution >= 0.6 is 11.3 Å². The van der Waals surface area contributed by atoms with Crippen LogP contribution in [0.2, 0.25) is 0 Å². The molecule has 2 aliphatic heterocycles. The van der Waals surface area contributed by atoms with Gasteiger partial charge in [-0.1, -0.05) is 13.0 Å². The van der Waals surface area contributed by atoms with Crippen LogP contribution in [0, 0.1) is 5.92 Å². The van der Waals surface area contributed by atoms with Crippen molar-refractivity contribution in [2.24, 2.45) is 5.92 Å². The fraction of sp³-hybridized carbons (Fsp3) is 0.476. The first-order valence-corrected chi connectivity index (χ1v) is 10.8. The van der Waals surface area contributed by atoms with Crippen molar-refractivity contribution in [3.05, 3.63) is 40.9 Å². The number of nitrogens with zero attached hydrogens (tertiary/aromatic N) is 3. The fourth-order valence-corrected chi connectivity index (χ4v) is 4.70. The number of hydrogen-bond donors (Lipinski definition) is 1. The molecule has 7 heteroatoms. The lowest BCUT2D eigenvalue weighted by molar-refractivity contribution is -0.117. The maximum absolute atomic E-state index is 12.6. The van der Waals surface area contributed by atoms with E-state index in [9.17, 15) is 9.59 Å². The van der Waals surface area contributed by atoms with Gasteiger partial charge in [-0.25, -0.2) is 4.98 Å². The highest BCUT2D eigenvalue weighted by Crippen LogP contribution is 2.24. The average molecular weight is 399 g/mol. The lowest BCUT2D eigenvalue weighted by Crippen LogP contribution is -2.33. The zero-order valence-corrected chi connectivity index (χ0v) is 17.0. The molecule has 2 aromatic rings. The summed E-state index contributed by atoms with van der Waals surface area (Å²) >= 11 is 1.46. The number of aromatic nitrogens is 1. The van der Waals surface area contributed by atoms with Crippen molar-refractivity contribution in [3.63, 3.8) is 0 Å². The SMILES string of the molecule is C[C@@H]1CCCN(Cc2csc(NC(=O)c3cccc(N4CCCC4=O)c3)n2)C1. The van der Waals surface area contributed by atoms with Gasteiger partial charge in [-0.3, -0.25) is 19.8 Å². The van der Waals surface area contributed by atoms with Crippen LogP contribution < -0.4 is 10.2 Å². The van der Waals surface area contributed by atoms with Crippen LogP contribution in [0.15, 0.2) is 29.6 Å². The van der Waals surface area contributed by atoms with Crippen molar-refractivity contribution in [1.29, 1.82) is 0 Å². The van der Waals surface area contributed by atoms with E-state index >= 15 is 0 Å². The quantitative estimate of drug-likeness (QED) is 0.833. The summed E-state index contributed by atoms with van der Waals surface area (Å²) in [5.74, 6) is 0.663. The average Bonchev–Trinajstić information content (AvgIpc) is 3.30. The molecule has 0 radical (unpaired) electrons. The highest BCUT2D eigenvalue weighted by molar-refractivity contribution is 7.14. The van der Waals surface area contributed by atoms with Crippen molar-refractivity contribution in [3.8, 4) is 0 Å². The molecule has 4 rings (SSSR count). The lowest BCUT2D eigenvalue weighted by atomic mass is 10.0. The Kier molecular flexibility index (Phi) is 5.73. The predicted molar refractivity (Wildman–Crippen MR) is 112 cm³/mol. The number of likely N-dealkylation sites (tertiary alicyclic amines) is 1. The number of nitrogens with one attached hydrogen (secondary N) is 1. The van der Waals surface area contributed by atoms with E-state index < -0.39 is 0 Å². The third kappa shape index (κ3) is 4.42. The molecular formula is C21H26N4O2S. The molecule has 0 spiro atoms. The van der Waals surface area contributed by atoms with Gasteiger partial charge in [0.25, 0.3) is 5.91 Å². The zero-order chi connectivity index (χ0) is 19.5. The van der Waals surface area contributed by atoms with Gasteiger partial charge in [0.1, 0.15) is 0 Å². The summed E-state index contributed by atoms with van der Waals surface area (Å²) in [6, 6.07) is 7.24. The van der Waals surface area contributed by atoms with E-state index in [1.165, 1.54) is 24.2 Å². The number of piperidine rings is 1. The van der Waals surface area contributed by atoms with E-state index in [2.05, 4.69) is 22.1 Å². The summed E-state index contributed by atoms with van der Waals surface area (Å²) in [5.41, 5.74) is 2.33. The Hall–Kier alpha value is -2.25. The Bertz CT molecular complexity index is 866. The van der Waals surface area contributed by atoms with Crippen LogP contribution in [0.1, 0.15) is 48.7 Å². The lowest BCUT2D eigenvalue weighted by Gasteiger charge is -2.30. The minimum atomic E-state index is -0.194. The molecule has 2 fully saturated rings. The highest BCUT2D eigenvalue weighted by atomic mass is 32.1. The minimum Gasteiger partial charge on any atom is -0.312 e. The molecule has 1 aromatic heterocycles. The molecule has 28 heavy (non-hydrogen) atoms. The van der Waals surface area contributed by atoms with Crippen LogP contribution in [-0.4, -0.2) is 41.3 Å². The van der Waals surface area contributed by atoms with Crippen molar-refractivity contribution in [1.82, 2.24) is 9.88 Å². The fourth-order valence-electron chi connectivity index (χ4n) is 4.00. The van der Waals surface area contributed by atoms with Gasteiger partial charge >= 0.3 is 0 Å². The van der Waals surface area contributed by atoms with Gasteiger partial charge in [0, 0.05) is 42.7 Å². The van der Waals surface area contributed by atoms with Crippen LogP contribution in [-0.2, 0) is 11.3 Å². The summed E-state index contributed by atoms with van der Waals surface area (Å²) in [7, 11) is 0. The van der Waals surface area contributed by atoms with E-state index in [-0.39, 0.29) is 11.8 Å². The Morgan fingerprint density at radius 2 is 2.21 bits per heavy atom. The first kappa shape index (κ1) is 19.1. The summed E-state index contributed by atoms with van der Waals surface area (Å²) in [5, 5.41) is 5.54. The van der Waals surface area contributed by atoms with Gasteiger partial charge in [-0.05, 0) is 49.9 Å². The van der Waals surface area contributed by atoms with Crippen molar-refractivity contribution >= 4 is 34.0 Å². The molecule has 6 nitrogen and oxygen atoms in total. The Balaban J connectivity index is 1.39. The molecule has 148 valence electrons. The molecular weight excluding hydrogens is 372 g/mol. The van der Waals surface area contributed by atoms with Gasteiger partial charge in [-0.2, -0.15) is 0 Å². The van der Waals surface area contributed by atoms with Crippen molar-refractivity contribution in [2.75, 3.05) is 29.9 Å². The molecule has 2 saturated heterocycles. The second-order valence-corrected chi connectivity index (χ2v) is 8.64. The summed E-state index contributed by atoms with van der Waals surface area (Å²) < 4.78 is 0. The molecule has 1 aromatic carbocycles. The largest absolute Gasteiger partial charge is 0.312 e. The number of carbonyl (C=O) groups excluding carboxylic acids is 2. The van der Waals surface area contributed by atoms with Gasteiger partial charge < -0.3 is 4.90 Å². The van der Waals surface area contributed by atoms with Crippen LogP contribution in [0.5, 0.6) is 0 Å². The predicted octanol–water partition coefficient (Wildman–Crippen LogP) is 3.75. The number of benzene rings is 1. The smallest absolute Gasteiger partial charge is 0.257 e. The molecule has 2 aliphatic rings. The first-order chi connectivity index (χ1) is 13.6. The minimum absolute atomic E-state index is 0.120. The Morgan fingerprint density at radius 1 is 1.32 bits per heavy atom. The number of hydrogen-bond acceptors (Lipinski definition) is 5. The topological polar surface area (TPSA) is 65.5 Å². The zero-order valence-electron chi connectivity index (χ0n) is 16.2. The molecule has 3 heterocycles. The monoisotopic (exact) mass is 398 g/mol. The molecule has 1 N–H and O–H groups in total. The third-order valence-corrected chi connectivity index (χ3v) is 6.20. The third-order valence-electron chi connectivity index (χ3n) is 5.39. The normalized spacial score (nSPS) is 20.5. The van der Waals surface area contributed by atoms with Crippen molar-refractivity contribution in [2.45, 2.75) is 39.2 Å². The number of amides is 2. The van der Waals surface area contributed by atoms with Crippen LogP contribution in [0.25, 0.3) is 0 Å². The first-order valence-electron chi connectivity index (χ1n) is 9.97. The number of carbonyl (C=O) groups is 2. The molecule has 1 atom stereocenters. The van der Waals surface area contributed by atoms with E-state index in [4.69, 9.17) is 0 Å². The van der Waals surface area contributed by atoms with Gasteiger partial charge in [0.05, 0.1) is 5.69 Å². The molecule has 0 aliphatic carbocycles. The van der Waals surface area contributed by atoms with E-state index in [0.29, 0.717) is 17.1 Å². The van der Waals surface area contributed by atoms with E-state index in [0.717, 1.165) is 49.9 Å². The number of anilines is 2.